The van der Waals surface area contributed by atoms with Gasteiger partial charge in [0, 0.05) is 0 Å². The molecule has 0 aliphatic heterocycles. The van der Waals surface area contributed by atoms with Gasteiger partial charge >= 0.3 is 51.4 Å². The van der Waals surface area contributed by atoms with Gasteiger partial charge in [-0.1, -0.05) is 39.0 Å². The quantitative estimate of drug-likeness (QED) is 0.500. The van der Waals surface area contributed by atoms with Gasteiger partial charge in [0.2, 0.25) is 0 Å². The average molecular weight is 165 g/mol. The van der Waals surface area contributed by atoms with E-state index >= 15 is 0 Å². The largest absolute Gasteiger partial charge is 1.00 e. The normalized spacial score (nSPS) is 20.1. The van der Waals surface area contributed by atoms with Crippen molar-refractivity contribution in [3.05, 3.63) is 5.32 Å². The van der Waals surface area contributed by atoms with Crippen LogP contribution in [0.3, 0.4) is 0 Å². The van der Waals surface area contributed by atoms with E-state index in [1.165, 1.54) is 32.1 Å². The molecule has 0 radical (unpaired) electrons. The standard InChI is InChI=1S/C8H16N.K/c1-2-9-8-6-4-3-5-7-8;/h8H,2-7H2,1H3;/q-1;+1. The molecule has 1 fully saturated rings. The Morgan fingerprint density at radius 3 is 2.30 bits per heavy atom. The van der Waals surface area contributed by atoms with E-state index in [0.717, 1.165) is 12.6 Å². The molecule has 0 N–H and O–H groups in total. The summed E-state index contributed by atoms with van der Waals surface area (Å²) in [7, 11) is 0. The zero-order valence-corrected chi connectivity index (χ0v) is 10.4. The van der Waals surface area contributed by atoms with Crippen LogP contribution in [0.5, 0.6) is 0 Å². The first-order chi connectivity index (χ1) is 4.43. The first-order valence-corrected chi connectivity index (χ1v) is 4.10. The molecular weight excluding hydrogens is 149 g/mol. The maximum Gasteiger partial charge on any atom is 1.00 e. The van der Waals surface area contributed by atoms with E-state index in [1.807, 2.05) is 0 Å². The zero-order chi connectivity index (χ0) is 6.53. The molecule has 0 aromatic carbocycles. The van der Waals surface area contributed by atoms with E-state index in [-0.39, 0.29) is 51.4 Å². The van der Waals surface area contributed by atoms with Crippen molar-refractivity contribution in [3.63, 3.8) is 0 Å². The molecule has 0 unspecified atom stereocenters. The van der Waals surface area contributed by atoms with E-state index in [9.17, 15) is 0 Å². The van der Waals surface area contributed by atoms with Crippen molar-refractivity contribution in [2.24, 2.45) is 0 Å². The molecule has 1 aliphatic rings. The molecule has 54 valence electrons. The maximum atomic E-state index is 4.48. The van der Waals surface area contributed by atoms with E-state index in [1.54, 1.807) is 0 Å². The van der Waals surface area contributed by atoms with E-state index in [0.29, 0.717) is 0 Å². The SMILES string of the molecule is CC[N-]C1CCCCC1.[K+]. The van der Waals surface area contributed by atoms with Crippen molar-refractivity contribution in [2.75, 3.05) is 6.54 Å². The Bertz CT molecular complexity index is 66.9. The third-order valence-corrected chi connectivity index (χ3v) is 2.02. The van der Waals surface area contributed by atoms with Crippen LogP contribution in [0.4, 0.5) is 0 Å². The van der Waals surface area contributed by atoms with Crippen LogP contribution in [-0.2, 0) is 0 Å². The van der Waals surface area contributed by atoms with Gasteiger partial charge in [0.05, 0.1) is 0 Å². The molecule has 1 saturated carbocycles. The summed E-state index contributed by atoms with van der Waals surface area (Å²) in [5, 5.41) is 4.48. The molecule has 10 heavy (non-hydrogen) atoms. The van der Waals surface area contributed by atoms with Gasteiger partial charge in [-0.25, -0.2) is 0 Å². The summed E-state index contributed by atoms with van der Waals surface area (Å²) in [6, 6.07) is 0.726. The van der Waals surface area contributed by atoms with Crippen LogP contribution in [0.15, 0.2) is 0 Å². The maximum absolute atomic E-state index is 4.48. The third-order valence-electron chi connectivity index (χ3n) is 2.02. The Morgan fingerprint density at radius 1 is 1.20 bits per heavy atom. The molecule has 0 spiro atoms. The minimum Gasteiger partial charge on any atom is -0.660 e. The molecule has 0 atom stereocenters. The van der Waals surface area contributed by atoms with Gasteiger partial charge in [0.25, 0.3) is 0 Å². The second kappa shape index (κ2) is 7.26. The van der Waals surface area contributed by atoms with Crippen LogP contribution in [-0.4, -0.2) is 12.6 Å². The molecule has 0 heterocycles. The Hall–Kier alpha value is 1.60. The molecule has 2 heteroatoms. The Morgan fingerprint density at radius 2 is 1.80 bits per heavy atom. The second-order valence-corrected chi connectivity index (χ2v) is 2.79. The molecular formula is C8H16KN. The van der Waals surface area contributed by atoms with Crippen molar-refractivity contribution < 1.29 is 51.4 Å². The summed E-state index contributed by atoms with van der Waals surface area (Å²) in [5.41, 5.74) is 0. The van der Waals surface area contributed by atoms with Crippen LogP contribution in [0.25, 0.3) is 5.32 Å². The van der Waals surface area contributed by atoms with Crippen molar-refractivity contribution in [1.82, 2.24) is 0 Å². The molecule has 1 nitrogen and oxygen atoms in total. The van der Waals surface area contributed by atoms with Crippen molar-refractivity contribution in [1.29, 1.82) is 0 Å². The summed E-state index contributed by atoms with van der Waals surface area (Å²) in [4.78, 5) is 0. The summed E-state index contributed by atoms with van der Waals surface area (Å²) in [6.07, 6.45) is 6.97. The van der Waals surface area contributed by atoms with Crippen molar-refractivity contribution in [3.8, 4) is 0 Å². The Balaban J connectivity index is 0.000000810. The molecule has 1 rings (SSSR count). The summed E-state index contributed by atoms with van der Waals surface area (Å²) < 4.78 is 0. The Kier molecular flexibility index (Phi) is 8.41. The van der Waals surface area contributed by atoms with Gasteiger partial charge in [-0.15, -0.1) is 6.04 Å². The fourth-order valence-corrected chi connectivity index (χ4v) is 1.52. The predicted octanol–water partition coefficient (Wildman–Crippen LogP) is -0.283. The van der Waals surface area contributed by atoms with Crippen LogP contribution in [0.2, 0.25) is 0 Å². The summed E-state index contributed by atoms with van der Waals surface area (Å²) in [6.45, 7) is 3.15. The van der Waals surface area contributed by atoms with Gasteiger partial charge in [-0.3, -0.25) is 0 Å². The fourth-order valence-electron chi connectivity index (χ4n) is 1.52. The van der Waals surface area contributed by atoms with Crippen LogP contribution < -0.4 is 51.4 Å². The number of nitrogens with zero attached hydrogens (tertiary/aromatic N) is 1. The number of hydrogen-bond donors (Lipinski definition) is 0. The van der Waals surface area contributed by atoms with Gasteiger partial charge in [0.1, 0.15) is 0 Å². The smallest absolute Gasteiger partial charge is 0.660 e. The Labute approximate surface area is 107 Å². The van der Waals surface area contributed by atoms with Crippen molar-refractivity contribution >= 4 is 0 Å². The predicted molar refractivity (Wildman–Crippen MR) is 40.8 cm³/mol. The summed E-state index contributed by atoms with van der Waals surface area (Å²) >= 11 is 0. The van der Waals surface area contributed by atoms with E-state index < -0.39 is 0 Å². The topological polar surface area (TPSA) is 14.1 Å². The van der Waals surface area contributed by atoms with Crippen LogP contribution in [0, 0.1) is 0 Å². The fraction of sp³-hybridized carbons (Fsp3) is 1.00. The monoisotopic (exact) mass is 165 g/mol. The zero-order valence-electron chi connectivity index (χ0n) is 7.27. The molecule has 0 aromatic heterocycles. The van der Waals surface area contributed by atoms with Gasteiger partial charge in [-0.05, 0) is 0 Å². The summed E-state index contributed by atoms with van der Waals surface area (Å²) in [5.74, 6) is 0. The van der Waals surface area contributed by atoms with E-state index in [4.69, 9.17) is 0 Å². The first-order valence-electron chi connectivity index (χ1n) is 4.10. The number of rotatable bonds is 2. The molecule has 0 amide bonds. The van der Waals surface area contributed by atoms with E-state index in [2.05, 4.69) is 12.2 Å². The van der Waals surface area contributed by atoms with Crippen LogP contribution in [0.1, 0.15) is 39.0 Å². The molecule has 0 bridgehead atoms. The van der Waals surface area contributed by atoms with Gasteiger partial charge in [-0.2, -0.15) is 6.54 Å². The minimum atomic E-state index is 0. The van der Waals surface area contributed by atoms with Crippen molar-refractivity contribution in [2.45, 2.75) is 45.1 Å². The second-order valence-electron chi connectivity index (χ2n) is 2.79. The number of hydrogen-bond acceptors (Lipinski definition) is 0. The first kappa shape index (κ1) is 11.6. The third kappa shape index (κ3) is 4.47. The van der Waals surface area contributed by atoms with Gasteiger partial charge in [0.15, 0.2) is 0 Å². The molecule has 0 saturated heterocycles. The minimum absolute atomic E-state index is 0. The molecule has 0 aromatic rings. The van der Waals surface area contributed by atoms with Crippen LogP contribution >= 0.6 is 0 Å². The molecule has 1 aliphatic carbocycles. The van der Waals surface area contributed by atoms with Gasteiger partial charge < -0.3 is 5.32 Å². The average Bonchev–Trinajstić information content (AvgIpc) is 1.91.